The van der Waals surface area contributed by atoms with E-state index in [1.807, 2.05) is 0 Å². The minimum Gasteiger partial charge on any atom is -0.328 e. The van der Waals surface area contributed by atoms with Crippen LogP contribution in [-0.4, -0.2) is 16.1 Å². The second kappa shape index (κ2) is 5.18. The van der Waals surface area contributed by atoms with Crippen molar-refractivity contribution in [2.24, 2.45) is 5.92 Å². The molecule has 0 aromatic carbocycles. The van der Waals surface area contributed by atoms with Crippen molar-refractivity contribution in [3.8, 4) is 0 Å². The summed E-state index contributed by atoms with van der Waals surface area (Å²) in [7, 11) is 0. The molecule has 1 aliphatic heterocycles. The van der Waals surface area contributed by atoms with Crippen LogP contribution in [0.1, 0.15) is 76.6 Å². The highest BCUT2D eigenvalue weighted by molar-refractivity contribution is 5.24. The summed E-state index contributed by atoms with van der Waals surface area (Å²) in [6.07, 6.45) is 6.56. The van der Waals surface area contributed by atoms with Crippen LogP contribution in [0.15, 0.2) is 0 Å². The first-order valence-electron chi connectivity index (χ1n) is 8.28. The molecule has 2 aliphatic rings. The van der Waals surface area contributed by atoms with E-state index < -0.39 is 0 Å². The highest BCUT2D eigenvalue weighted by atomic mass is 15.2. The molecule has 3 rings (SSSR count). The summed E-state index contributed by atoms with van der Waals surface area (Å²) in [5, 5.41) is 3.47. The Balaban J connectivity index is 2.00. The van der Waals surface area contributed by atoms with E-state index in [2.05, 4.69) is 37.6 Å². The van der Waals surface area contributed by atoms with Crippen LogP contribution < -0.4 is 5.32 Å². The number of fused-ring (bicyclic) bond motifs is 1. The van der Waals surface area contributed by atoms with E-state index in [1.165, 1.54) is 42.9 Å². The van der Waals surface area contributed by atoms with Gasteiger partial charge in [-0.3, -0.25) is 0 Å². The third-order valence-corrected chi connectivity index (χ3v) is 4.95. The number of rotatable bonds is 1. The predicted molar refractivity (Wildman–Crippen MR) is 83.0 cm³/mol. The molecule has 112 valence electrons. The largest absolute Gasteiger partial charge is 0.328 e. The van der Waals surface area contributed by atoms with E-state index in [4.69, 9.17) is 4.98 Å². The molecule has 1 fully saturated rings. The molecule has 0 bridgehead atoms. The fourth-order valence-electron chi connectivity index (χ4n) is 3.76. The van der Waals surface area contributed by atoms with Gasteiger partial charge in [0.05, 0.1) is 5.69 Å². The SMILES string of the molecule is CC1CCC(n2c(C(C)(C)C)nc3c2CCNC3)CC1. The topological polar surface area (TPSA) is 29.9 Å². The third-order valence-electron chi connectivity index (χ3n) is 4.95. The molecule has 1 aromatic heterocycles. The third kappa shape index (κ3) is 2.52. The lowest BCUT2D eigenvalue weighted by atomic mass is 9.86. The summed E-state index contributed by atoms with van der Waals surface area (Å²) in [4.78, 5) is 5.02. The maximum absolute atomic E-state index is 5.02. The molecule has 0 saturated heterocycles. The van der Waals surface area contributed by atoms with E-state index >= 15 is 0 Å². The number of imidazole rings is 1. The van der Waals surface area contributed by atoms with Gasteiger partial charge < -0.3 is 9.88 Å². The van der Waals surface area contributed by atoms with Crippen LogP contribution in [0.25, 0.3) is 0 Å². The number of hydrogen-bond donors (Lipinski definition) is 1. The molecule has 3 nitrogen and oxygen atoms in total. The molecule has 1 saturated carbocycles. The number of hydrogen-bond acceptors (Lipinski definition) is 2. The Hall–Kier alpha value is -0.830. The first-order chi connectivity index (χ1) is 9.47. The van der Waals surface area contributed by atoms with Crippen LogP contribution in [0.5, 0.6) is 0 Å². The van der Waals surface area contributed by atoms with Crippen LogP contribution in [0.4, 0.5) is 0 Å². The highest BCUT2D eigenvalue weighted by Gasteiger charge is 2.31. The normalized spacial score (nSPS) is 27.4. The van der Waals surface area contributed by atoms with Gasteiger partial charge in [-0.05, 0) is 31.6 Å². The van der Waals surface area contributed by atoms with E-state index in [0.29, 0.717) is 6.04 Å². The molecule has 0 spiro atoms. The van der Waals surface area contributed by atoms with Crippen molar-refractivity contribution in [3.05, 3.63) is 17.2 Å². The molecular formula is C17H29N3. The molecule has 0 amide bonds. The summed E-state index contributed by atoms with van der Waals surface area (Å²) < 4.78 is 2.64. The zero-order valence-corrected chi connectivity index (χ0v) is 13.5. The van der Waals surface area contributed by atoms with Gasteiger partial charge in [0.2, 0.25) is 0 Å². The van der Waals surface area contributed by atoms with Crippen LogP contribution in [0.3, 0.4) is 0 Å². The summed E-state index contributed by atoms with van der Waals surface area (Å²) in [6.45, 7) is 11.4. The average molecular weight is 275 g/mol. The Morgan fingerprint density at radius 3 is 2.50 bits per heavy atom. The molecule has 2 heterocycles. The van der Waals surface area contributed by atoms with Gasteiger partial charge in [-0.1, -0.05) is 27.7 Å². The summed E-state index contributed by atoms with van der Waals surface area (Å²) in [5.41, 5.74) is 2.97. The van der Waals surface area contributed by atoms with Crippen LogP contribution in [-0.2, 0) is 18.4 Å². The lowest BCUT2D eigenvalue weighted by Crippen LogP contribution is -2.29. The molecule has 1 aromatic rings. The molecular weight excluding hydrogens is 246 g/mol. The lowest BCUT2D eigenvalue weighted by Gasteiger charge is -2.33. The van der Waals surface area contributed by atoms with Crippen molar-refractivity contribution in [1.29, 1.82) is 0 Å². The van der Waals surface area contributed by atoms with Gasteiger partial charge >= 0.3 is 0 Å². The first-order valence-corrected chi connectivity index (χ1v) is 8.28. The van der Waals surface area contributed by atoms with Gasteiger partial charge in [-0.2, -0.15) is 0 Å². The molecule has 20 heavy (non-hydrogen) atoms. The minimum absolute atomic E-state index is 0.139. The van der Waals surface area contributed by atoms with Crippen LogP contribution in [0.2, 0.25) is 0 Å². The maximum Gasteiger partial charge on any atom is 0.114 e. The van der Waals surface area contributed by atoms with Crippen molar-refractivity contribution >= 4 is 0 Å². The zero-order chi connectivity index (χ0) is 14.3. The number of aromatic nitrogens is 2. The second-order valence-corrected chi connectivity index (χ2v) is 7.79. The zero-order valence-electron chi connectivity index (χ0n) is 13.5. The fraction of sp³-hybridized carbons (Fsp3) is 0.824. The molecule has 0 unspecified atom stereocenters. The average Bonchev–Trinajstić information content (AvgIpc) is 2.79. The maximum atomic E-state index is 5.02. The Kier molecular flexibility index (Phi) is 3.65. The number of nitrogens with zero attached hydrogens (tertiary/aromatic N) is 2. The van der Waals surface area contributed by atoms with Crippen molar-refractivity contribution in [2.45, 2.75) is 77.8 Å². The monoisotopic (exact) mass is 275 g/mol. The van der Waals surface area contributed by atoms with Gasteiger partial charge in [-0.15, -0.1) is 0 Å². The van der Waals surface area contributed by atoms with Gasteiger partial charge in [0.1, 0.15) is 5.82 Å². The van der Waals surface area contributed by atoms with E-state index in [1.54, 1.807) is 0 Å². The Labute approximate surface area is 123 Å². The summed E-state index contributed by atoms with van der Waals surface area (Å²) in [5.74, 6) is 2.22. The molecule has 1 N–H and O–H groups in total. The fourth-order valence-corrected chi connectivity index (χ4v) is 3.76. The van der Waals surface area contributed by atoms with Crippen LogP contribution in [0, 0.1) is 5.92 Å². The summed E-state index contributed by atoms with van der Waals surface area (Å²) in [6, 6.07) is 0.690. The molecule has 3 heteroatoms. The molecule has 0 atom stereocenters. The lowest BCUT2D eigenvalue weighted by molar-refractivity contribution is 0.272. The molecule has 1 aliphatic carbocycles. The van der Waals surface area contributed by atoms with Crippen molar-refractivity contribution < 1.29 is 0 Å². The van der Waals surface area contributed by atoms with E-state index in [0.717, 1.165) is 25.4 Å². The summed E-state index contributed by atoms with van der Waals surface area (Å²) >= 11 is 0. The van der Waals surface area contributed by atoms with Crippen molar-refractivity contribution in [1.82, 2.24) is 14.9 Å². The van der Waals surface area contributed by atoms with Gasteiger partial charge in [0, 0.05) is 36.7 Å². The van der Waals surface area contributed by atoms with Crippen LogP contribution >= 0.6 is 0 Å². The first kappa shape index (κ1) is 14.1. The van der Waals surface area contributed by atoms with Crippen molar-refractivity contribution in [3.63, 3.8) is 0 Å². The van der Waals surface area contributed by atoms with Crippen molar-refractivity contribution in [2.75, 3.05) is 6.54 Å². The van der Waals surface area contributed by atoms with Gasteiger partial charge in [-0.25, -0.2) is 4.98 Å². The Morgan fingerprint density at radius 1 is 1.15 bits per heavy atom. The van der Waals surface area contributed by atoms with E-state index in [9.17, 15) is 0 Å². The van der Waals surface area contributed by atoms with E-state index in [-0.39, 0.29) is 5.41 Å². The quantitative estimate of drug-likeness (QED) is 0.849. The number of nitrogens with one attached hydrogen (secondary N) is 1. The smallest absolute Gasteiger partial charge is 0.114 e. The predicted octanol–water partition coefficient (Wildman–Crippen LogP) is 3.58. The standard InChI is InChI=1S/C17H29N3/c1-12-5-7-13(8-6-12)20-15-9-10-18-11-14(15)19-16(20)17(2,3)4/h12-13,18H,5-11H2,1-4H3. The Morgan fingerprint density at radius 2 is 1.85 bits per heavy atom. The highest BCUT2D eigenvalue weighted by Crippen LogP contribution is 2.37. The van der Waals surface area contributed by atoms with Gasteiger partial charge in [0.15, 0.2) is 0 Å². The second-order valence-electron chi connectivity index (χ2n) is 7.79. The Bertz CT molecular complexity index is 473. The molecule has 0 radical (unpaired) electrons. The van der Waals surface area contributed by atoms with Gasteiger partial charge in [0.25, 0.3) is 0 Å². The minimum atomic E-state index is 0.139.